The zero-order chi connectivity index (χ0) is 23.3. The Balaban J connectivity index is 1.21. The molecule has 4 aliphatic carbocycles. The third-order valence-electron chi connectivity index (χ3n) is 8.24. The molecule has 0 unspecified atom stereocenters. The molecule has 5 aliphatic rings. The van der Waals surface area contributed by atoms with Gasteiger partial charge in [0.2, 0.25) is 11.8 Å². The van der Waals surface area contributed by atoms with Gasteiger partial charge >= 0.3 is 0 Å². The lowest BCUT2D eigenvalue weighted by atomic mass is 9.49. The Morgan fingerprint density at radius 3 is 2.38 bits per heavy atom. The van der Waals surface area contributed by atoms with Gasteiger partial charge in [-0.2, -0.15) is 0 Å². The molecule has 1 atom stereocenters. The van der Waals surface area contributed by atoms with Crippen LogP contribution in [0.1, 0.15) is 56.4 Å². The van der Waals surface area contributed by atoms with Crippen LogP contribution in [0.5, 0.6) is 5.75 Å². The van der Waals surface area contributed by atoms with Crippen LogP contribution in [0.3, 0.4) is 0 Å². The minimum Gasteiger partial charge on any atom is -0.494 e. The Kier molecular flexibility index (Phi) is 5.59. The molecule has 2 aromatic rings. The Morgan fingerprint density at radius 1 is 1.06 bits per heavy atom. The number of hydrogen-bond acceptors (Lipinski definition) is 4. The summed E-state index contributed by atoms with van der Waals surface area (Å²) >= 11 is 1.63. The molecular formula is C28H32N2O3S. The van der Waals surface area contributed by atoms with Gasteiger partial charge in [0, 0.05) is 11.4 Å². The van der Waals surface area contributed by atoms with E-state index >= 15 is 0 Å². The van der Waals surface area contributed by atoms with Gasteiger partial charge < -0.3 is 10.1 Å². The largest absolute Gasteiger partial charge is 0.494 e. The van der Waals surface area contributed by atoms with Crippen molar-refractivity contribution < 1.29 is 14.3 Å². The second-order valence-electron chi connectivity index (χ2n) is 10.6. The van der Waals surface area contributed by atoms with Gasteiger partial charge in [-0.3, -0.25) is 14.5 Å². The molecular weight excluding hydrogens is 444 g/mol. The normalized spacial score (nSPS) is 31.7. The molecule has 7 rings (SSSR count). The number of thioether (sulfide) groups is 1. The maximum absolute atomic E-state index is 13.5. The highest BCUT2D eigenvalue weighted by Gasteiger charge is 2.54. The van der Waals surface area contributed by atoms with Gasteiger partial charge in [-0.25, -0.2) is 0 Å². The molecule has 4 saturated carbocycles. The van der Waals surface area contributed by atoms with E-state index in [9.17, 15) is 9.59 Å². The standard InChI is InChI=1S/C28H32N2O3S/c1-2-33-24-8-6-23(7-9-24)30-25(31)17-34-26(30)21-4-3-5-22(13-21)29-27(32)28-14-18-10-19(15-28)12-20(11-18)16-28/h3-9,13,18-20,26H,2,10-12,14-17H2,1H3,(H,29,32)/t18?,19?,20?,26-,28?/m1/s1. The number of carbonyl (C=O) groups is 2. The zero-order valence-corrected chi connectivity index (χ0v) is 20.5. The summed E-state index contributed by atoms with van der Waals surface area (Å²) in [5.41, 5.74) is 2.57. The molecule has 34 heavy (non-hydrogen) atoms. The highest BCUT2D eigenvalue weighted by atomic mass is 32.2. The number of ether oxygens (including phenoxy) is 1. The summed E-state index contributed by atoms with van der Waals surface area (Å²) in [6, 6.07) is 15.8. The first-order valence-electron chi connectivity index (χ1n) is 12.6. The monoisotopic (exact) mass is 476 g/mol. The summed E-state index contributed by atoms with van der Waals surface area (Å²) in [4.78, 5) is 28.2. The predicted octanol–water partition coefficient (Wildman–Crippen LogP) is 6.02. The van der Waals surface area contributed by atoms with Gasteiger partial charge in [-0.15, -0.1) is 11.8 Å². The van der Waals surface area contributed by atoms with Crippen LogP contribution in [-0.2, 0) is 9.59 Å². The number of nitrogens with one attached hydrogen (secondary N) is 1. The molecule has 4 bridgehead atoms. The van der Waals surface area contributed by atoms with Crippen molar-refractivity contribution in [3.63, 3.8) is 0 Å². The lowest BCUT2D eigenvalue weighted by Gasteiger charge is -2.55. The molecule has 0 spiro atoms. The third kappa shape index (κ3) is 3.90. The smallest absolute Gasteiger partial charge is 0.238 e. The van der Waals surface area contributed by atoms with E-state index in [1.165, 1.54) is 19.3 Å². The summed E-state index contributed by atoms with van der Waals surface area (Å²) in [6.45, 7) is 2.57. The van der Waals surface area contributed by atoms with Crippen molar-refractivity contribution in [1.29, 1.82) is 0 Å². The van der Waals surface area contributed by atoms with E-state index in [-0.39, 0.29) is 22.6 Å². The van der Waals surface area contributed by atoms with Crippen LogP contribution in [0.25, 0.3) is 0 Å². The van der Waals surface area contributed by atoms with E-state index in [0.717, 1.165) is 59.7 Å². The number of benzene rings is 2. The average molecular weight is 477 g/mol. The fourth-order valence-electron chi connectivity index (χ4n) is 7.24. The minimum absolute atomic E-state index is 0.0992. The predicted molar refractivity (Wildman–Crippen MR) is 136 cm³/mol. The molecule has 5 fully saturated rings. The Bertz CT molecular complexity index is 1060. The van der Waals surface area contributed by atoms with Crippen LogP contribution >= 0.6 is 11.8 Å². The molecule has 1 N–H and O–H groups in total. The molecule has 6 heteroatoms. The quantitative estimate of drug-likeness (QED) is 0.554. The molecule has 178 valence electrons. The maximum Gasteiger partial charge on any atom is 0.238 e. The number of hydrogen-bond donors (Lipinski definition) is 1. The lowest BCUT2D eigenvalue weighted by molar-refractivity contribution is -0.140. The number of anilines is 2. The first-order valence-corrected chi connectivity index (χ1v) is 13.7. The van der Waals surface area contributed by atoms with Gasteiger partial charge in [-0.05, 0) is 105 Å². The summed E-state index contributed by atoms with van der Waals surface area (Å²) in [5.74, 6) is 3.79. The molecule has 2 amide bonds. The fourth-order valence-corrected chi connectivity index (χ4v) is 8.41. The van der Waals surface area contributed by atoms with E-state index in [1.54, 1.807) is 11.8 Å². The van der Waals surface area contributed by atoms with Crippen LogP contribution in [-0.4, -0.2) is 24.2 Å². The van der Waals surface area contributed by atoms with Crippen LogP contribution in [0.4, 0.5) is 11.4 Å². The minimum atomic E-state index is -0.169. The second kappa shape index (κ2) is 8.63. The van der Waals surface area contributed by atoms with Gasteiger partial charge in [0.1, 0.15) is 11.1 Å². The maximum atomic E-state index is 13.5. The van der Waals surface area contributed by atoms with Crippen molar-refractivity contribution in [2.24, 2.45) is 23.2 Å². The second-order valence-corrected chi connectivity index (χ2v) is 11.7. The number of carbonyl (C=O) groups excluding carboxylic acids is 2. The summed E-state index contributed by atoms with van der Waals surface area (Å²) in [6.07, 6.45) is 7.16. The molecule has 1 aliphatic heterocycles. The molecule has 0 aromatic heterocycles. The van der Waals surface area contributed by atoms with Gasteiger partial charge in [0.15, 0.2) is 0 Å². The molecule has 5 nitrogen and oxygen atoms in total. The molecule has 1 saturated heterocycles. The zero-order valence-electron chi connectivity index (χ0n) is 19.7. The van der Waals surface area contributed by atoms with Crippen molar-refractivity contribution in [2.75, 3.05) is 22.6 Å². The van der Waals surface area contributed by atoms with E-state index in [4.69, 9.17) is 4.74 Å². The molecule has 2 aromatic carbocycles. The topological polar surface area (TPSA) is 58.6 Å². The van der Waals surface area contributed by atoms with E-state index in [0.29, 0.717) is 12.4 Å². The highest BCUT2D eigenvalue weighted by molar-refractivity contribution is 8.00. The SMILES string of the molecule is CCOc1ccc(N2C(=O)CS[C@@H]2c2cccc(NC(=O)C34CC5CC(CC(C5)C3)C4)c2)cc1. The Morgan fingerprint density at radius 2 is 1.74 bits per heavy atom. The number of amides is 2. The average Bonchev–Trinajstić information content (AvgIpc) is 3.20. The fraction of sp³-hybridized carbons (Fsp3) is 0.500. The molecule has 0 radical (unpaired) electrons. The van der Waals surface area contributed by atoms with Crippen molar-refractivity contribution in [1.82, 2.24) is 0 Å². The van der Waals surface area contributed by atoms with Crippen molar-refractivity contribution in [2.45, 2.75) is 50.8 Å². The van der Waals surface area contributed by atoms with Crippen LogP contribution in [0.15, 0.2) is 48.5 Å². The third-order valence-corrected chi connectivity index (χ3v) is 9.46. The first kappa shape index (κ1) is 22.0. The number of nitrogens with zero attached hydrogens (tertiary/aromatic N) is 1. The molecule has 1 heterocycles. The first-order chi connectivity index (χ1) is 16.5. The van der Waals surface area contributed by atoms with Gasteiger partial charge in [-0.1, -0.05) is 12.1 Å². The lowest BCUT2D eigenvalue weighted by Crippen LogP contribution is -2.51. The van der Waals surface area contributed by atoms with Crippen LogP contribution in [0, 0.1) is 23.2 Å². The summed E-state index contributed by atoms with van der Waals surface area (Å²) in [5, 5.41) is 3.17. The van der Waals surface area contributed by atoms with Gasteiger partial charge in [0.05, 0.1) is 17.8 Å². The summed E-state index contributed by atoms with van der Waals surface area (Å²) in [7, 11) is 0. The van der Waals surface area contributed by atoms with E-state index < -0.39 is 0 Å². The number of rotatable bonds is 6. The van der Waals surface area contributed by atoms with Crippen molar-refractivity contribution in [3.8, 4) is 5.75 Å². The van der Waals surface area contributed by atoms with Gasteiger partial charge in [0.25, 0.3) is 0 Å². The van der Waals surface area contributed by atoms with E-state index in [1.807, 2.05) is 48.2 Å². The van der Waals surface area contributed by atoms with Crippen molar-refractivity contribution >= 4 is 35.0 Å². The van der Waals surface area contributed by atoms with Crippen LogP contribution in [0.2, 0.25) is 0 Å². The van der Waals surface area contributed by atoms with Crippen molar-refractivity contribution in [3.05, 3.63) is 54.1 Å². The Labute approximate surface area is 205 Å². The summed E-state index contributed by atoms with van der Waals surface area (Å²) < 4.78 is 5.55. The Hall–Kier alpha value is -2.47. The van der Waals surface area contributed by atoms with E-state index in [2.05, 4.69) is 17.4 Å². The highest BCUT2D eigenvalue weighted by Crippen LogP contribution is 2.60. The van der Waals surface area contributed by atoms with Crippen LogP contribution < -0.4 is 15.0 Å².